The van der Waals surface area contributed by atoms with Crippen molar-refractivity contribution >= 4 is 9.84 Å². The Hall–Kier alpha value is -2.11. The van der Waals surface area contributed by atoms with E-state index in [1.165, 1.54) is 5.56 Å². The summed E-state index contributed by atoms with van der Waals surface area (Å²) >= 11 is 0. The number of hydrogen-bond acceptors (Lipinski definition) is 4. The van der Waals surface area contributed by atoms with Crippen molar-refractivity contribution in [3.63, 3.8) is 0 Å². The second-order valence-electron chi connectivity index (χ2n) is 7.91. The molecule has 2 unspecified atom stereocenters. The molecule has 2 aromatic rings. The summed E-state index contributed by atoms with van der Waals surface area (Å²) in [4.78, 5) is 0. The highest BCUT2D eigenvalue weighted by Gasteiger charge is 2.33. The van der Waals surface area contributed by atoms with Crippen LogP contribution in [-0.4, -0.2) is 20.8 Å². The fourth-order valence-electron chi connectivity index (χ4n) is 4.43. The Kier molecular flexibility index (Phi) is 6.07. The maximum Gasteiger partial charge on any atom is 0.171 e. The molecule has 0 saturated heterocycles. The Balaban J connectivity index is 1.50. The van der Waals surface area contributed by atoms with Crippen molar-refractivity contribution in [2.75, 3.05) is 12.4 Å². The Morgan fingerprint density at radius 2 is 1.83 bits per heavy atom. The summed E-state index contributed by atoms with van der Waals surface area (Å²) in [6.45, 7) is 3.25. The predicted molar refractivity (Wildman–Crippen MR) is 115 cm³/mol. The first-order valence-corrected chi connectivity index (χ1v) is 12.1. The van der Waals surface area contributed by atoms with Gasteiger partial charge in [-0.1, -0.05) is 30.7 Å². The van der Waals surface area contributed by atoms with E-state index < -0.39 is 9.84 Å². The Labute approximate surface area is 173 Å². The van der Waals surface area contributed by atoms with Gasteiger partial charge in [0.15, 0.2) is 9.84 Å². The molecule has 2 aromatic carbocycles. The Bertz CT molecular complexity index is 976. The Morgan fingerprint density at radius 3 is 2.62 bits per heavy atom. The van der Waals surface area contributed by atoms with E-state index in [0.29, 0.717) is 24.9 Å². The molecule has 0 N–H and O–H groups in total. The van der Waals surface area contributed by atoms with Gasteiger partial charge >= 0.3 is 0 Å². The van der Waals surface area contributed by atoms with Gasteiger partial charge in [0.2, 0.25) is 0 Å². The van der Waals surface area contributed by atoms with Crippen LogP contribution in [0.25, 0.3) is 0 Å². The smallest absolute Gasteiger partial charge is 0.171 e. The van der Waals surface area contributed by atoms with Crippen LogP contribution in [0.3, 0.4) is 0 Å². The fraction of sp³-hybridized carbons (Fsp3) is 0.417. The maximum absolute atomic E-state index is 12.1. The van der Waals surface area contributed by atoms with E-state index >= 15 is 0 Å². The highest BCUT2D eigenvalue weighted by Crippen LogP contribution is 2.45. The van der Waals surface area contributed by atoms with E-state index in [9.17, 15) is 8.42 Å². The van der Waals surface area contributed by atoms with Crippen LogP contribution in [0, 0.1) is 5.92 Å². The minimum absolute atomic E-state index is 0.201. The molecular weight excluding hydrogens is 384 g/mol. The molecule has 154 valence electrons. The monoisotopic (exact) mass is 412 g/mol. The summed E-state index contributed by atoms with van der Waals surface area (Å²) in [6.07, 6.45) is 4.04. The molecule has 0 bridgehead atoms. The average Bonchev–Trinajstić information content (AvgIpc) is 2.72. The zero-order valence-electron chi connectivity index (χ0n) is 16.8. The third kappa shape index (κ3) is 4.90. The van der Waals surface area contributed by atoms with Crippen LogP contribution in [0.15, 0.2) is 59.5 Å². The van der Waals surface area contributed by atoms with E-state index in [-0.39, 0.29) is 5.92 Å². The van der Waals surface area contributed by atoms with E-state index in [1.807, 2.05) is 43.3 Å². The highest BCUT2D eigenvalue weighted by molar-refractivity contribution is 7.94. The van der Waals surface area contributed by atoms with Crippen LogP contribution >= 0.6 is 0 Å². The molecule has 0 radical (unpaired) electrons. The average molecular weight is 413 g/mol. The third-order valence-corrected chi connectivity index (χ3v) is 7.31. The minimum Gasteiger partial charge on any atom is -0.457 e. The molecule has 1 aliphatic heterocycles. The van der Waals surface area contributed by atoms with Gasteiger partial charge in [-0.15, -0.1) is 0 Å². The number of rotatable bonds is 6. The van der Waals surface area contributed by atoms with Crippen molar-refractivity contribution in [3.05, 3.63) is 70.6 Å². The molecule has 0 amide bonds. The number of benzene rings is 2. The van der Waals surface area contributed by atoms with Gasteiger partial charge in [0.05, 0.1) is 12.4 Å². The summed E-state index contributed by atoms with van der Waals surface area (Å²) in [7, 11) is -3.05. The van der Waals surface area contributed by atoms with Crippen LogP contribution in [-0.2, 0) is 21.2 Å². The molecule has 2 atom stereocenters. The lowest BCUT2D eigenvalue weighted by molar-refractivity contribution is 0.134. The zero-order chi connectivity index (χ0) is 20.3. The summed E-state index contributed by atoms with van der Waals surface area (Å²) in [5, 5.41) is 1.57. The number of hydrogen-bond donors (Lipinski definition) is 0. The van der Waals surface area contributed by atoms with Crippen LogP contribution in [0.4, 0.5) is 0 Å². The standard InChI is InChI=1S/C24H28O4S/c1-2-27-16-18-5-3-7-22(15-18)28-21-11-9-20(10-12-21)23-8-4-6-19-13-14-29(25,26)17-24(19)23/h3,5,7,9-12,15,17,19,23H,2,4,6,8,13-14,16H2,1H3. The van der Waals surface area contributed by atoms with E-state index in [2.05, 4.69) is 12.1 Å². The number of allylic oxidation sites excluding steroid dienone is 1. The molecule has 1 aliphatic carbocycles. The minimum atomic E-state index is -3.05. The SMILES string of the molecule is CCOCc1cccc(Oc2ccc(C3CCCC4CCS(=O)(=O)C=C43)cc2)c1. The van der Waals surface area contributed by atoms with Crippen molar-refractivity contribution < 1.29 is 17.9 Å². The first-order valence-electron chi connectivity index (χ1n) is 10.4. The van der Waals surface area contributed by atoms with Crippen LogP contribution in [0.5, 0.6) is 11.5 Å². The van der Waals surface area contributed by atoms with Gasteiger partial charge in [0, 0.05) is 17.9 Å². The van der Waals surface area contributed by atoms with Crippen molar-refractivity contribution in [1.82, 2.24) is 0 Å². The molecule has 0 spiro atoms. The molecule has 1 saturated carbocycles. The summed E-state index contributed by atoms with van der Waals surface area (Å²) in [6, 6.07) is 16.0. The fourth-order valence-corrected chi connectivity index (χ4v) is 5.93. The quantitative estimate of drug-likeness (QED) is 0.619. The molecule has 4 nitrogen and oxygen atoms in total. The third-order valence-electron chi connectivity index (χ3n) is 5.88. The van der Waals surface area contributed by atoms with Crippen molar-refractivity contribution in [2.45, 2.75) is 45.1 Å². The lowest BCUT2D eigenvalue weighted by Crippen LogP contribution is -2.25. The molecular formula is C24H28O4S. The van der Waals surface area contributed by atoms with Crippen molar-refractivity contribution in [2.24, 2.45) is 5.92 Å². The lowest BCUT2D eigenvalue weighted by atomic mass is 9.73. The second kappa shape index (κ2) is 8.72. The number of ether oxygens (including phenoxy) is 2. The number of sulfone groups is 1. The Morgan fingerprint density at radius 1 is 1.00 bits per heavy atom. The van der Waals surface area contributed by atoms with Gasteiger partial charge in [0.25, 0.3) is 0 Å². The van der Waals surface area contributed by atoms with Crippen LogP contribution in [0.2, 0.25) is 0 Å². The number of fused-ring (bicyclic) bond motifs is 1. The van der Waals surface area contributed by atoms with Crippen LogP contribution in [0.1, 0.15) is 49.7 Å². The zero-order valence-corrected chi connectivity index (χ0v) is 17.7. The molecule has 1 fully saturated rings. The maximum atomic E-state index is 12.1. The van der Waals surface area contributed by atoms with Crippen LogP contribution < -0.4 is 4.74 Å². The van der Waals surface area contributed by atoms with Gasteiger partial charge in [-0.25, -0.2) is 8.42 Å². The summed E-state index contributed by atoms with van der Waals surface area (Å²) in [5.41, 5.74) is 3.37. The molecule has 2 aliphatic rings. The van der Waals surface area contributed by atoms with Gasteiger partial charge in [-0.05, 0) is 73.1 Å². The first kappa shape index (κ1) is 20.2. The largest absolute Gasteiger partial charge is 0.457 e. The lowest BCUT2D eigenvalue weighted by Gasteiger charge is -2.35. The van der Waals surface area contributed by atoms with Crippen molar-refractivity contribution in [3.8, 4) is 11.5 Å². The van der Waals surface area contributed by atoms with E-state index in [4.69, 9.17) is 9.47 Å². The molecule has 4 rings (SSSR count). The van der Waals surface area contributed by atoms with E-state index in [1.54, 1.807) is 5.41 Å². The van der Waals surface area contributed by atoms with Gasteiger partial charge in [0.1, 0.15) is 11.5 Å². The van der Waals surface area contributed by atoms with Gasteiger partial charge < -0.3 is 9.47 Å². The molecule has 1 heterocycles. The first-order chi connectivity index (χ1) is 14.0. The summed E-state index contributed by atoms with van der Waals surface area (Å²) < 4.78 is 35.7. The van der Waals surface area contributed by atoms with Crippen molar-refractivity contribution in [1.29, 1.82) is 0 Å². The highest BCUT2D eigenvalue weighted by atomic mass is 32.2. The second-order valence-corrected chi connectivity index (χ2v) is 9.88. The van der Waals surface area contributed by atoms with E-state index in [0.717, 1.165) is 48.3 Å². The topological polar surface area (TPSA) is 52.6 Å². The predicted octanol–water partition coefficient (Wildman–Crippen LogP) is 5.60. The molecule has 0 aromatic heterocycles. The molecule has 5 heteroatoms. The van der Waals surface area contributed by atoms with Gasteiger partial charge in [-0.2, -0.15) is 0 Å². The normalized spacial score (nSPS) is 23.1. The molecule has 29 heavy (non-hydrogen) atoms. The van der Waals surface area contributed by atoms with Gasteiger partial charge in [-0.3, -0.25) is 0 Å². The summed E-state index contributed by atoms with van der Waals surface area (Å²) in [5.74, 6) is 2.48.